The molecule has 146 valence electrons. The molecular weight excluding hydrogens is 326 g/mol. The van der Waals surface area contributed by atoms with Gasteiger partial charge in [-0.15, -0.1) is 0 Å². The molecule has 0 aromatic carbocycles. The minimum Gasteiger partial charge on any atom is -0.356 e. The summed E-state index contributed by atoms with van der Waals surface area (Å²) in [5, 5.41) is 7.55. The van der Waals surface area contributed by atoms with Crippen molar-refractivity contribution < 1.29 is 4.52 Å². The first-order chi connectivity index (χ1) is 12.6. The summed E-state index contributed by atoms with van der Waals surface area (Å²) in [4.78, 5) is 11.5. The van der Waals surface area contributed by atoms with E-state index in [1.807, 2.05) is 7.05 Å². The van der Waals surface area contributed by atoms with E-state index in [4.69, 9.17) is 4.52 Å². The van der Waals surface area contributed by atoms with Crippen molar-refractivity contribution in [3.05, 3.63) is 11.7 Å². The fourth-order valence-electron chi connectivity index (χ4n) is 4.49. The Balaban J connectivity index is 1.52. The smallest absolute Gasteiger partial charge is 0.228 e. The van der Waals surface area contributed by atoms with Gasteiger partial charge in [0, 0.05) is 39.0 Å². The molecule has 1 aliphatic heterocycles. The summed E-state index contributed by atoms with van der Waals surface area (Å²) in [6.07, 6.45) is 11.8. The molecule has 1 aliphatic carbocycles. The number of hydrogen-bond donors (Lipinski definition) is 1. The van der Waals surface area contributed by atoms with Gasteiger partial charge in [0.1, 0.15) is 0 Å². The molecule has 0 bridgehead atoms. The first-order valence-electron chi connectivity index (χ1n) is 10.4. The van der Waals surface area contributed by atoms with E-state index < -0.39 is 0 Å². The van der Waals surface area contributed by atoms with E-state index in [9.17, 15) is 0 Å². The molecular formula is C20H35N5O. The van der Waals surface area contributed by atoms with E-state index in [1.54, 1.807) is 0 Å². The number of likely N-dealkylation sites (tertiary alicyclic amines) is 1. The van der Waals surface area contributed by atoms with Crippen LogP contribution in [-0.2, 0) is 6.42 Å². The Labute approximate surface area is 157 Å². The number of nitrogens with one attached hydrogen (secondary N) is 1. The average molecular weight is 362 g/mol. The number of nitrogens with zero attached hydrogens (tertiary/aromatic N) is 4. The summed E-state index contributed by atoms with van der Waals surface area (Å²) < 4.78 is 5.34. The minimum atomic E-state index is 0.303. The van der Waals surface area contributed by atoms with Gasteiger partial charge in [0.2, 0.25) is 5.89 Å². The normalized spacial score (nSPS) is 21.2. The molecule has 1 saturated carbocycles. The molecule has 1 aromatic heterocycles. The second kappa shape index (κ2) is 8.87. The van der Waals surface area contributed by atoms with Gasteiger partial charge in [-0.3, -0.25) is 4.99 Å². The maximum Gasteiger partial charge on any atom is 0.228 e. The van der Waals surface area contributed by atoms with E-state index in [0.29, 0.717) is 17.2 Å². The molecule has 2 fully saturated rings. The summed E-state index contributed by atoms with van der Waals surface area (Å²) in [6.45, 7) is 7.20. The zero-order valence-electron chi connectivity index (χ0n) is 16.8. The molecule has 3 rings (SSSR count). The van der Waals surface area contributed by atoms with Crippen LogP contribution in [0.4, 0.5) is 0 Å². The third-order valence-electron chi connectivity index (χ3n) is 5.96. The molecule has 0 unspecified atom stereocenters. The van der Waals surface area contributed by atoms with Crippen molar-refractivity contribution in [2.45, 2.75) is 77.6 Å². The standard InChI is InChI=1S/C20H35N5O/c1-16(2)18-23-17(26-24-18)9-13-22-19(21-3)25-14-8-12-20(15-25)10-6-4-5-7-11-20/h16H,4-15H2,1-3H3,(H,21,22). The van der Waals surface area contributed by atoms with Gasteiger partial charge in [-0.2, -0.15) is 4.98 Å². The van der Waals surface area contributed by atoms with E-state index in [0.717, 1.165) is 37.8 Å². The SMILES string of the molecule is CN=C(NCCc1nc(C(C)C)no1)N1CCCC2(CCCCCC2)C1. The second-order valence-electron chi connectivity index (χ2n) is 8.36. The molecule has 0 atom stereocenters. The van der Waals surface area contributed by atoms with Crippen molar-refractivity contribution in [1.82, 2.24) is 20.4 Å². The Morgan fingerprint density at radius 2 is 1.92 bits per heavy atom. The lowest BCUT2D eigenvalue weighted by Crippen LogP contribution is -2.50. The molecule has 0 amide bonds. The maximum atomic E-state index is 5.34. The highest BCUT2D eigenvalue weighted by Crippen LogP contribution is 2.42. The average Bonchev–Trinajstić information content (AvgIpc) is 3.01. The molecule has 1 spiro atoms. The van der Waals surface area contributed by atoms with Crippen LogP contribution < -0.4 is 5.32 Å². The Kier molecular flexibility index (Phi) is 6.54. The largest absolute Gasteiger partial charge is 0.356 e. The van der Waals surface area contributed by atoms with Gasteiger partial charge >= 0.3 is 0 Å². The minimum absolute atomic E-state index is 0.303. The molecule has 2 heterocycles. The van der Waals surface area contributed by atoms with Crippen molar-refractivity contribution >= 4 is 5.96 Å². The van der Waals surface area contributed by atoms with Crippen molar-refractivity contribution in [3.63, 3.8) is 0 Å². The number of rotatable bonds is 4. The van der Waals surface area contributed by atoms with Crippen LogP contribution in [0.15, 0.2) is 9.52 Å². The monoisotopic (exact) mass is 361 g/mol. The van der Waals surface area contributed by atoms with Gasteiger partial charge in [0.05, 0.1) is 0 Å². The van der Waals surface area contributed by atoms with Crippen LogP contribution in [0, 0.1) is 5.41 Å². The first-order valence-corrected chi connectivity index (χ1v) is 10.4. The second-order valence-corrected chi connectivity index (χ2v) is 8.36. The summed E-state index contributed by atoms with van der Waals surface area (Å²) in [5.74, 6) is 2.82. The molecule has 1 N–H and O–H groups in total. The van der Waals surface area contributed by atoms with Gasteiger partial charge in [-0.1, -0.05) is 44.7 Å². The van der Waals surface area contributed by atoms with E-state index in [2.05, 4.69) is 39.2 Å². The van der Waals surface area contributed by atoms with Gasteiger partial charge in [-0.05, 0) is 31.1 Å². The summed E-state index contributed by atoms with van der Waals surface area (Å²) in [6, 6.07) is 0. The third-order valence-corrected chi connectivity index (χ3v) is 5.96. The Hall–Kier alpha value is -1.59. The Morgan fingerprint density at radius 3 is 2.58 bits per heavy atom. The van der Waals surface area contributed by atoms with Gasteiger partial charge in [0.15, 0.2) is 11.8 Å². The summed E-state index contributed by atoms with van der Waals surface area (Å²) in [5.41, 5.74) is 0.519. The molecule has 0 radical (unpaired) electrons. The quantitative estimate of drug-likeness (QED) is 0.653. The fraction of sp³-hybridized carbons (Fsp3) is 0.850. The van der Waals surface area contributed by atoms with Crippen LogP contribution in [0.5, 0.6) is 0 Å². The van der Waals surface area contributed by atoms with Crippen molar-refractivity contribution in [3.8, 4) is 0 Å². The van der Waals surface area contributed by atoms with Crippen LogP contribution >= 0.6 is 0 Å². The predicted octanol–water partition coefficient (Wildman–Crippen LogP) is 3.75. The number of aliphatic imine (C=N–C) groups is 1. The van der Waals surface area contributed by atoms with Crippen LogP contribution in [0.3, 0.4) is 0 Å². The van der Waals surface area contributed by atoms with Crippen molar-refractivity contribution in [1.29, 1.82) is 0 Å². The van der Waals surface area contributed by atoms with Crippen LogP contribution in [-0.4, -0.2) is 47.7 Å². The van der Waals surface area contributed by atoms with Gasteiger partial charge < -0.3 is 14.7 Å². The molecule has 1 aromatic rings. The van der Waals surface area contributed by atoms with Gasteiger partial charge in [-0.25, -0.2) is 0 Å². The third kappa shape index (κ3) is 4.77. The first kappa shape index (κ1) is 19.2. The Bertz CT molecular complexity index is 587. The summed E-state index contributed by atoms with van der Waals surface area (Å²) in [7, 11) is 1.89. The van der Waals surface area contributed by atoms with E-state index in [1.165, 1.54) is 51.4 Å². The molecule has 1 saturated heterocycles. The lowest BCUT2D eigenvalue weighted by atomic mass is 9.74. The summed E-state index contributed by atoms with van der Waals surface area (Å²) >= 11 is 0. The highest BCUT2D eigenvalue weighted by molar-refractivity contribution is 5.80. The van der Waals surface area contributed by atoms with E-state index in [-0.39, 0.29) is 0 Å². The zero-order valence-corrected chi connectivity index (χ0v) is 16.8. The highest BCUT2D eigenvalue weighted by atomic mass is 16.5. The number of aromatic nitrogens is 2. The van der Waals surface area contributed by atoms with Crippen LogP contribution in [0.25, 0.3) is 0 Å². The molecule has 26 heavy (non-hydrogen) atoms. The zero-order chi connectivity index (χ0) is 18.4. The van der Waals surface area contributed by atoms with Gasteiger partial charge in [0.25, 0.3) is 0 Å². The highest BCUT2D eigenvalue weighted by Gasteiger charge is 2.36. The predicted molar refractivity (Wildman–Crippen MR) is 104 cm³/mol. The Morgan fingerprint density at radius 1 is 1.19 bits per heavy atom. The van der Waals surface area contributed by atoms with Crippen molar-refractivity contribution in [2.24, 2.45) is 10.4 Å². The lowest BCUT2D eigenvalue weighted by Gasteiger charge is -2.44. The van der Waals surface area contributed by atoms with Crippen LogP contribution in [0.1, 0.15) is 82.8 Å². The lowest BCUT2D eigenvalue weighted by molar-refractivity contribution is 0.115. The molecule has 6 nitrogen and oxygen atoms in total. The number of piperidine rings is 1. The van der Waals surface area contributed by atoms with Crippen LogP contribution in [0.2, 0.25) is 0 Å². The number of hydrogen-bond acceptors (Lipinski definition) is 4. The fourth-order valence-corrected chi connectivity index (χ4v) is 4.49. The maximum absolute atomic E-state index is 5.34. The van der Waals surface area contributed by atoms with Crippen molar-refractivity contribution in [2.75, 3.05) is 26.7 Å². The number of guanidine groups is 1. The molecule has 6 heteroatoms. The molecule has 2 aliphatic rings. The van der Waals surface area contributed by atoms with E-state index >= 15 is 0 Å². The topological polar surface area (TPSA) is 66.5 Å².